The molecule has 0 saturated carbocycles. The minimum atomic E-state index is -1.23. The van der Waals surface area contributed by atoms with E-state index >= 15 is 0 Å². The summed E-state index contributed by atoms with van der Waals surface area (Å²) in [4.78, 5) is 23.7. The van der Waals surface area contributed by atoms with Gasteiger partial charge in [0.1, 0.15) is 18.4 Å². The minimum absolute atomic E-state index is 0.148. The largest absolute Gasteiger partial charge is 0.490 e. The molecule has 2 atom stereocenters. The van der Waals surface area contributed by atoms with E-state index in [1.54, 1.807) is 12.1 Å². The number of carboxylic acid groups (broad SMARTS) is 1. The molecule has 2 aliphatic rings. The molecule has 2 heterocycles. The Hall–Kier alpha value is -2.54. The lowest BCUT2D eigenvalue weighted by Gasteiger charge is -2.25. The van der Waals surface area contributed by atoms with Gasteiger partial charge in [0, 0.05) is 6.42 Å². The molecular formula is C19H26N2O5. The summed E-state index contributed by atoms with van der Waals surface area (Å²) >= 11 is 0. The van der Waals surface area contributed by atoms with E-state index in [2.05, 4.69) is 10.6 Å². The second-order valence-electron chi connectivity index (χ2n) is 6.53. The van der Waals surface area contributed by atoms with Crippen molar-refractivity contribution in [2.45, 2.75) is 32.4 Å². The number of rotatable bonds is 2. The van der Waals surface area contributed by atoms with Crippen LogP contribution < -0.4 is 15.4 Å². The van der Waals surface area contributed by atoms with Crippen LogP contribution in [-0.2, 0) is 16.0 Å². The van der Waals surface area contributed by atoms with Gasteiger partial charge in [-0.15, -0.1) is 0 Å². The van der Waals surface area contributed by atoms with E-state index in [9.17, 15) is 9.59 Å². The number of benzene rings is 1. The number of amides is 2. The average molecular weight is 362 g/mol. The van der Waals surface area contributed by atoms with Crippen molar-refractivity contribution in [2.75, 3.05) is 19.8 Å². The van der Waals surface area contributed by atoms with Gasteiger partial charge in [-0.3, -0.25) is 4.79 Å². The van der Waals surface area contributed by atoms with Gasteiger partial charge in [0.2, 0.25) is 5.91 Å². The summed E-state index contributed by atoms with van der Waals surface area (Å²) in [6.07, 6.45) is 2.77. The Bertz CT molecular complexity index is 627. The van der Waals surface area contributed by atoms with Crippen molar-refractivity contribution in [1.29, 1.82) is 0 Å². The molecule has 0 aliphatic carbocycles. The molecule has 0 fully saturated rings. The molecule has 0 saturated heterocycles. The van der Waals surface area contributed by atoms with Crippen LogP contribution in [0.2, 0.25) is 0 Å². The summed E-state index contributed by atoms with van der Waals surface area (Å²) in [5, 5.41) is 14.3. The molecule has 0 radical (unpaired) electrons. The van der Waals surface area contributed by atoms with Crippen LogP contribution in [0.15, 0.2) is 36.4 Å². The van der Waals surface area contributed by atoms with E-state index in [0.717, 1.165) is 5.56 Å². The maximum Gasteiger partial charge on any atom is 0.405 e. The third kappa shape index (κ3) is 6.40. The van der Waals surface area contributed by atoms with Gasteiger partial charge >= 0.3 is 6.09 Å². The van der Waals surface area contributed by atoms with Crippen molar-refractivity contribution in [1.82, 2.24) is 10.6 Å². The van der Waals surface area contributed by atoms with Crippen LogP contribution in [-0.4, -0.2) is 49.0 Å². The number of nitrogens with one attached hydrogen (secondary N) is 2. The van der Waals surface area contributed by atoms with Crippen LogP contribution in [0.3, 0.4) is 0 Å². The predicted molar refractivity (Wildman–Crippen MR) is 97.3 cm³/mol. The van der Waals surface area contributed by atoms with Gasteiger partial charge in [-0.25, -0.2) is 4.79 Å². The van der Waals surface area contributed by atoms with E-state index in [1.165, 1.54) is 0 Å². The number of carbonyl (C=O) groups is 2. The number of hydrogen-bond acceptors (Lipinski definition) is 4. The number of fused-ring (bicyclic) bond motifs is 12. The van der Waals surface area contributed by atoms with E-state index in [4.69, 9.17) is 14.6 Å². The Kier molecular flexibility index (Phi) is 7.47. The lowest BCUT2D eigenvalue weighted by Crippen LogP contribution is -2.52. The zero-order chi connectivity index (χ0) is 18.9. The first-order valence-corrected chi connectivity index (χ1v) is 8.70. The summed E-state index contributed by atoms with van der Waals surface area (Å²) in [5.74, 6) is 0.492. The van der Waals surface area contributed by atoms with Crippen LogP contribution >= 0.6 is 0 Å². The summed E-state index contributed by atoms with van der Waals surface area (Å²) in [6.45, 7) is 5.17. The molecule has 1 aromatic carbocycles. The first-order valence-electron chi connectivity index (χ1n) is 8.70. The Morgan fingerprint density at radius 2 is 1.92 bits per heavy atom. The van der Waals surface area contributed by atoms with Gasteiger partial charge in [0.05, 0.1) is 19.3 Å². The van der Waals surface area contributed by atoms with E-state index < -0.39 is 12.1 Å². The fourth-order valence-electron chi connectivity index (χ4n) is 2.54. The average Bonchev–Trinajstić information content (AvgIpc) is 2.59. The minimum Gasteiger partial charge on any atom is -0.490 e. The summed E-state index contributed by atoms with van der Waals surface area (Å²) < 4.78 is 11.2. The number of ether oxygens (including phenoxy) is 2. The third-order valence-corrected chi connectivity index (χ3v) is 4.13. The first-order chi connectivity index (χ1) is 12.5. The zero-order valence-corrected chi connectivity index (χ0v) is 15.1. The molecule has 0 unspecified atom stereocenters. The molecule has 1 aromatic rings. The molecule has 142 valence electrons. The fraction of sp³-hybridized carbons (Fsp3) is 0.474. The van der Waals surface area contributed by atoms with Gasteiger partial charge in [-0.2, -0.15) is 0 Å². The van der Waals surface area contributed by atoms with Gasteiger partial charge < -0.3 is 25.2 Å². The maximum atomic E-state index is 12.6. The summed E-state index contributed by atoms with van der Waals surface area (Å²) in [6, 6.07) is 6.18. The highest BCUT2D eigenvalue weighted by atomic mass is 16.5. The molecular weight excluding hydrogens is 336 g/mol. The molecule has 7 heteroatoms. The van der Waals surface area contributed by atoms with Crippen molar-refractivity contribution in [3.8, 4) is 5.75 Å². The van der Waals surface area contributed by atoms with Crippen LogP contribution in [0.1, 0.15) is 19.4 Å². The van der Waals surface area contributed by atoms with Gasteiger partial charge in [0.15, 0.2) is 0 Å². The second kappa shape index (κ2) is 9.82. The molecule has 0 spiro atoms. The van der Waals surface area contributed by atoms with Crippen LogP contribution in [0.5, 0.6) is 5.75 Å². The van der Waals surface area contributed by atoms with Crippen molar-refractivity contribution >= 4 is 12.0 Å². The third-order valence-electron chi connectivity index (χ3n) is 4.13. The topological polar surface area (TPSA) is 96.9 Å². The molecule has 2 bridgehead atoms. The molecule has 3 N–H and O–H groups in total. The SMILES string of the molecule is CC(C)[C@H]1COCC=CCOc2ccc(cc2)C[C@@H](NC(=O)O)C(=O)N1. The number of carbonyl (C=O) groups excluding carboxylic acids is 1. The first kappa shape index (κ1) is 19.8. The van der Waals surface area contributed by atoms with Crippen LogP contribution in [0.25, 0.3) is 0 Å². The molecule has 3 rings (SSSR count). The lowest BCUT2D eigenvalue weighted by molar-refractivity contribution is -0.124. The number of hydrogen-bond donors (Lipinski definition) is 3. The van der Waals surface area contributed by atoms with E-state index in [-0.39, 0.29) is 24.3 Å². The molecule has 2 aliphatic heterocycles. The van der Waals surface area contributed by atoms with E-state index in [0.29, 0.717) is 25.6 Å². The van der Waals surface area contributed by atoms with Crippen molar-refractivity contribution in [3.63, 3.8) is 0 Å². The zero-order valence-electron chi connectivity index (χ0n) is 15.1. The van der Waals surface area contributed by atoms with Crippen molar-refractivity contribution < 1.29 is 24.2 Å². The second-order valence-corrected chi connectivity index (χ2v) is 6.53. The molecule has 2 amide bonds. The van der Waals surface area contributed by atoms with Crippen LogP contribution in [0.4, 0.5) is 4.79 Å². The van der Waals surface area contributed by atoms with Crippen molar-refractivity contribution in [2.24, 2.45) is 5.92 Å². The monoisotopic (exact) mass is 362 g/mol. The molecule has 0 aromatic heterocycles. The Labute approximate surface area is 153 Å². The highest BCUT2D eigenvalue weighted by Gasteiger charge is 2.25. The molecule has 26 heavy (non-hydrogen) atoms. The van der Waals surface area contributed by atoms with Crippen molar-refractivity contribution in [3.05, 3.63) is 42.0 Å². The predicted octanol–water partition coefficient (Wildman–Crippen LogP) is 1.97. The Morgan fingerprint density at radius 3 is 2.58 bits per heavy atom. The normalized spacial score (nSPS) is 21.9. The Morgan fingerprint density at radius 1 is 1.23 bits per heavy atom. The molecule has 7 nitrogen and oxygen atoms in total. The summed E-state index contributed by atoms with van der Waals surface area (Å²) in [7, 11) is 0. The van der Waals surface area contributed by atoms with Crippen LogP contribution in [0, 0.1) is 5.92 Å². The fourth-order valence-corrected chi connectivity index (χ4v) is 2.54. The summed E-state index contributed by atoms with van der Waals surface area (Å²) in [5.41, 5.74) is 0.839. The van der Waals surface area contributed by atoms with Gasteiger partial charge in [0.25, 0.3) is 0 Å². The Balaban J connectivity index is 2.21. The highest BCUT2D eigenvalue weighted by Crippen LogP contribution is 2.14. The highest BCUT2D eigenvalue weighted by molar-refractivity contribution is 5.85. The van der Waals surface area contributed by atoms with Gasteiger partial charge in [-0.05, 0) is 29.7 Å². The quantitative estimate of drug-likeness (QED) is 0.699. The smallest absolute Gasteiger partial charge is 0.405 e. The lowest BCUT2D eigenvalue weighted by atomic mass is 10.0. The van der Waals surface area contributed by atoms with E-state index in [1.807, 2.05) is 38.1 Å². The standard InChI is InChI=1S/C19H26N2O5/c1-13(2)17-12-25-9-3-4-10-26-15-7-5-14(6-8-15)11-16(18(22)20-17)21-19(23)24/h3-8,13,16-17,21H,9-12H2,1-2H3,(H,20,22)(H,23,24)/t16-,17-/m1/s1. The van der Waals surface area contributed by atoms with Gasteiger partial charge in [-0.1, -0.05) is 32.1 Å². The maximum absolute atomic E-state index is 12.6.